The zero-order chi connectivity index (χ0) is 22.9. The fourth-order valence-electron chi connectivity index (χ4n) is 3.81. The molecule has 166 valence electrons. The van der Waals surface area contributed by atoms with Gasteiger partial charge in [0.2, 0.25) is 0 Å². The molecule has 0 unspecified atom stereocenters. The van der Waals surface area contributed by atoms with Gasteiger partial charge in [0.15, 0.2) is 5.69 Å². The lowest BCUT2D eigenvalue weighted by Gasteiger charge is -2.32. The second-order valence-electron chi connectivity index (χ2n) is 9.78. The van der Waals surface area contributed by atoms with Crippen LogP contribution in [0.4, 0.5) is 13.2 Å². The van der Waals surface area contributed by atoms with Gasteiger partial charge in [-0.25, -0.2) is 4.98 Å². The van der Waals surface area contributed by atoms with Crippen LogP contribution in [-0.4, -0.2) is 21.6 Å². The Labute approximate surface area is 180 Å². The summed E-state index contributed by atoms with van der Waals surface area (Å²) in [6.45, 7) is 11.7. The van der Waals surface area contributed by atoms with Crippen molar-refractivity contribution in [1.29, 1.82) is 0 Å². The third-order valence-corrected chi connectivity index (χ3v) is 4.69. The van der Waals surface area contributed by atoms with E-state index in [2.05, 4.69) is 49.6 Å². The van der Waals surface area contributed by atoms with Crippen LogP contribution in [0.3, 0.4) is 0 Å². The highest BCUT2D eigenvalue weighted by molar-refractivity contribution is 5.63. The van der Waals surface area contributed by atoms with Crippen molar-refractivity contribution in [3.8, 4) is 28.4 Å². The Hall–Kier alpha value is -2.83. The van der Waals surface area contributed by atoms with Gasteiger partial charge in [-0.15, -0.1) is 0 Å². The minimum Gasteiger partial charge on any atom is -0.493 e. The van der Waals surface area contributed by atoms with Gasteiger partial charge in [0.05, 0.1) is 12.3 Å². The molecule has 2 heterocycles. The monoisotopic (exact) mass is 431 g/mol. The van der Waals surface area contributed by atoms with E-state index in [1.807, 2.05) is 24.3 Å². The van der Waals surface area contributed by atoms with E-state index in [-0.39, 0.29) is 16.7 Å². The van der Waals surface area contributed by atoms with Crippen molar-refractivity contribution in [2.75, 3.05) is 6.61 Å². The summed E-state index contributed by atoms with van der Waals surface area (Å²) in [6, 6.07) is 11.1. The first-order chi connectivity index (χ1) is 14.3. The van der Waals surface area contributed by atoms with Gasteiger partial charge in [0, 0.05) is 23.5 Å². The third-order valence-electron chi connectivity index (χ3n) is 4.69. The Morgan fingerprint density at radius 1 is 0.903 bits per heavy atom. The van der Waals surface area contributed by atoms with Crippen LogP contribution >= 0.6 is 0 Å². The Morgan fingerprint density at radius 3 is 2.06 bits per heavy atom. The maximum Gasteiger partial charge on any atom is 0.434 e. The molecule has 3 rings (SSSR count). The number of hydrogen-bond acceptors (Lipinski definition) is 3. The molecule has 0 amide bonds. The van der Waals surface area contributed by atoms with E-state index in [4.69, 9.17) is 4.74 Å². The van der Waals surface area contributed by atoms with Crippen LogP contribution < -0.4 is 4.74 Å². The topological polar surface area (TPSA) is 50.8 Å². The van der Waals surface area contributed by atoms with Crippen molar-refractivity contribution >= 4 is 0 Å². The van der Waals surface area contributed by atoms with Crippen molar-refractivity contribution < 1.29 is 17.9 Å². The number of H-pyrrole nitrogens is 1. The number of imidazole rings is 1. The Bertz CT molecular complexity index is 998. The van der Waals surface area contributed by atoms with Gasteiger partial charge in [-0.05, 0) is 53.6 Å². The number of nitrogens with zero attached hydrogens (tertiary/aromatic N) is 2. The number of halogens is 3. The van der Waals surface area contributed by atoms with Crippen LogP contribution in [0.5, 0.6) is 5.75 Å². The van der Waals surface area contributed by atoms with E-state index >= 15 is 0 Å². The SMILES string of the molecule is CC(C)(C)CC(C)(C)COc1ccc(-c2ccc(-c3nc(C(F)(F)F)c[nH]3)cn2)cc1. The average Bonchev–Trinajstić information content (AvgIpc) is 3.16. The fourth-order valence-corrected chi connectivity index (χ4v) is 3.81. The summed E-state index contributed by atoms with van der Waals surface area (Å²) in [4.78, 5) is 10.5. The molecule has 1 N–H and O–H groups in total. The second kappa shape index (κ2) is 8.36. The number of ether oxygens (including phenoxy) is 1. The lowest BCUT2D eigenvalue weighted by Crippen LogP contribution is -2.27. The molecule has 0 bridgehead atoms. The molecule has 0 atom stereocenters. The normalized spacial score (nSPS) is 12.8. The first kappa shape index (κ1) is 22.8. The largest absolute Gasteiger partial charge is 0.493 e. The molecule has 3 aromatic rings. The number of nitrogens with one attached hydrogen (secondary N) is 1. The summed E-state index contributed by atoms with van der Waals surface area (Å²) in [5.74, 6) is 0.922. The minimum atomic E-state index is -4.48. The van der Waals surface area contributed by atoms with E-state index < -0.39 is 11.9 Å². The smallest absolute Gasteiger partial charge is 0.434 e. The van der Waals surface area contributed by atoms with Crippen LogP contribution in [0, 0.1) is 10.8 Å². The van der Waals surface area contributed by atoms with Gasteiger partial charge in [-0.1, -0.05) is 34.6 Å². The van der Waals surface area contributed by atoms with Gasteiger partial charge in [0.1, 0.15) is 11.6 Å². The van der Waals surface area contributed by atoms with Gasteiger partial charge in [0.25, 0.3) is 0 Å². The molecular weight excluding hydrogens is 403 g/mol. The van der Waals surface area contributed by atoms with Crippen LogP contribution in [0.15, 0.2) is 48.8 Å². The van der Waals surface area contributed by atoms with Gasteiger partial charge in [-0.3, -0.25) is 4.98 Å². The van der Waals surface area contributed by atoms with Crippen LogP contribution in [0.25, 0.3) is 22.6 Å². The van der Waals surface area contributed by atoms with E-state index in [0.717, 1.165) is 23.9 Å². The number of rotatable bonds is 6. The highest BCUT2D eigenvalue weighted by atomic mass is 19.4. The van der Waals surface area contributed by atoms with Crippen molar-refractivity contribution in [1.82, 2.24) is 15.0 Å². The molecule has 0 radical (unpaired) electrons. The standard InChI is InChI=1S/C24H28F3N3O/c1-22(2,3)14-23(4,5)15-31-18-9-6-16(7-10-18)19-11-8-17(12-28-19)21-29-13-20(30-21)24(25,26)27/h6-13H,14-15H2,1-5H3,(H,29,30). The van der Waals surface area contributed by atoms with E-state index in [1.54, 1.807) is 12.1 Å². The van der Waals surface area contributed by atoms with Crippen molar-refractivity contribution in [2.24, 2.45) is 10.8 Å². The number of hydrogen-bond donors (Lipinski definition) is 1. The molecule has 31 heavy (non-hydrogen) atoms. The molecule has 1 aromatic carbocycles. The minimum absolute atomic E-state index is 0.0616. The van der Waals surface area contributed by atoms with Crippen molar-refractivity contribution in [3.63, 3.8) is 0 Å². The van der Waals surface area contributed by atoms with Gasteiger partial charge < -0.3 is 9.72 Å². The summed E-state index contributed by atoms with van der Waals surface area (Å²) in [5, 5.41) is 0. The van der Waals surface area contributed by atoms with E-state index in [0.29, 0.717) is 17.9 Å². The Morgan fingerprint density at radius 2 is 1.55 bits per heavy atom. The lowest BCUT2D eigenvalue weighted by atomic mass is 9.77. The van der Waals surface area contributed by atoms with Gasteiger partial charge >= 0.3 is 6.18 Å². The summed E-state index contributed by atoms with van der Waals surface area (Å²) >= 11 is 0. The number of benzene rings is 1. The molecule has 7 heteroatoms. The van der Waals surface area contributed by atoms with E-state index in [1.165, 1.54) is 6.20 Å². The molecule has 0 saturated heterocycles. The number of aromatic amines is 1. The molecule has 0 spiro atoms. The summed E-state index contributed by atoms with van der Waals surface area (Å²) < 4.78 is 44.1. The molecule has 0 aliphatic heterocycles. The maximum absolute atomic E-state index is 12.7. The number of pyridine rings is 1. The third kappa shape index (κ3) is 6.32. The maximum atomic E-state index is 12.7. The summed E-state index contributed by atoms with van der Waals surface area (Å²) in [5.41, 5.74) is 1.44. The lowest BCUT2D eigenvalue weighted by molar-refractivity contribution is -0.140. The highest BCUT2D eigenvalue weighted by Gasteiger charge is 2.33. The molecule has 0 saturated carbocycles. The average molecular weight is 432 g/mol. The first-order valence-corrected chi connectivity index (χ1v) is 10.1. The van der Waals surface area contributed by atoms with Crippen LogP contribution in [0.1, 0.15) is 46.7 Å². The van der Waals surface area contributed by atoms with Crippen LogP contribution in [-0.2, 0) is 6.18 Å². The second-order valence-corrected chi connectivity index (χ2v) is 9.78. The van der Waals surface area contributed by atoms with Crippen LogP contribution in [0.2, 0.25) is 0 Å². The molecule has 4 nitrogen and oxygen atoms in total. The van der Waals surface area contributed by atoms with Gasteiger partial charge in [-0.2, -0.15) is 13.2 Å². The number of aromatic nitrogens is 3. The fraction of sp³-hybridized carbons (Fsp3) is 0.417. The molecule has 0 fully saturated rings. The predicted molar refractivity (Wildman–Crippen MR) is 116 cm³/mol. The molecular formula is C24H28F3N3O. The summed E-state index contributed by atoms with van der Waals surface area (Å²) in [6.07, 6.45) is -1.07. The zero-order valence-corrected chi connectivity index (χ0v) is 18.5. The Kier molecular flexibility index (Phi) is 6.16. The quantitative estimate of drug-likeness (QED) is 0.457. The number of alkyl halides is 3. The summed E-state index contributed by atoms with van der Waals surface area (Å²) in [7, 11) is 0. The zero-order valence-electron chi connectivity index (χ0n) is 18.5. The molecule has 0 aliphatic carbocycles. The highest BCUT2D eigenvalue weighted by Crippen LogP contribution is 2.34. The van der Waals surface area contributed by atoms with Crippen molar-refractivity contribution in [3.05, 3.63) is 54.5 Å². The first-order valence-electron chi connectivity index (χ1n) is 10.1. The molecule has 2 aromatic heterocycles. The molecule has 0 aliphatic rings. The van der Waals surface area contributed by atoms with Crippen molar-refractivity contribution in [2.45, 2.75) is 47.2 Å². The predicted octanol–water partition coefficient (Wildman–Crippen LogP) is 7.00. The van der Waals surface area contributed by atoms with E-state index in [9.17, 15) is 13.2 Å². The Balaban J connectivity index is 1.65.